The molecule has 0 saturated carbocycles. The van der Waals surface area contributed by atoms with Crippen molar-refractivity contribution in [3.8, 4) is 0 Å². The van der Waals surface area contributed by atoms with Crippen LogP contribution in [0, 0.1) is 6.92 Å². The minimum Gasteiger partial charge on any atom is -0.373 e. The van der Waals surface area contributed by atoms with Crippen molar-refractivity contribution in [2.45, 2.75) is 51.7 Å². The number of carbonyl (C=O) groups excluding carboxylic acids is 1. The van der Waals surface area contributed by atoms with Crippen molar-refractivity contribution in [1.29, 1.82) is 0 Å². The van der Waals surface area contributed by atoms with Crippen LogP contribution in [-0.2, 0) is 14.8 Å². The summed E-state index contributed by atoms with van der Waals surface area (Å²) < 4.78 is 34.6. The first kappa shape index (κ1) is 31.7. The second-order valence-electron chi connectivity index (χ2n) is 9.65. The summed E-state index contributed by atoms with van der Waals surface area (Å²) in [5.41, 5.74) is 2.18. The van der Waals surface area contributed by atoms with Crippen molar-refractivity contribution in [2.75, 3.05) is 44.2 Å². The maximum absolute atomic E-state index is 13.8. The third-order valence-corrected chi connectivity index (χ3v) is 9.86. The number of sulfonamides is 1. The number of carbonyl (C=O) groups is 1. The third-order valence-electron chi connectivity index (χ3n) is 6.77. The first-order valence-corrected chi connectivity index (χ1v) is 15.5. The van der Waals surface area contributed by atoms with E-state index in [1.807, 2.05) is 32.9 Å². The second-order valence-corrected chi connectivity index (χ2v) is 13.0. The number of anilines is 1. The van der Waals surface area contributed by atoms with E-state index < -0.39 is 10.0 Å². The number of thiazole rings is 1. The minimum atomic E-state index is -3.70. The highest BCUT2D eigenvalue weighted by molar-refractivity contribution is 7.89. The summed E-state index contributed by atoms with van der Waals surface area (Å²) in [5, 5.41) is 1.22. The molecule has 3 aromatic rings. The third kappa shape index (κ3) is 7.11. The summed E-state index contributed by atoms with van der Waals surface area (Å²) in [6, 6.07) is 9.93. The van der Waals surface area contributed by atoms with Crippen LogP contribution in [0.3, 0.4) is 0 Å². The predicted octanol–water partition coefficient (Wildman–Crippen LogP) is 5.47. The molecule has 0 N–H and O–H groups in total. The van der Waals surface area contributed by atoms with E-state index in [0.29, 0.717) is 41.9 Å². The zero-order chi connectivity index (χ0) is 27.6. The highest BCUT2D eigenvalue weighted by Gasteiger charge is 2.32. The van der Waals surface area contributed by atoms with Gasteiger partial charge in [-0.05, 0) is 75.8 Å². The van der Waals surface area contributed by atoms with Crippen molar-refractivity contribution in [3.63, 3.8) is 0 Å². The number of morpholine rings is 1. The Morgan fingerprint density at radius 1 is 1.10 bits per heavy atom. The molecule has 39 heavy (non-hydrogen) atoms. The van der Waals surface area contributed by atoms with E-state index in [4.69, 9.17) is 21.3 Å². The van der Waals surface area contributed by atoms with E-state index in [1.54, 1.807) is 17.0 Å². The molecule has 214 valence electrons. The van der Waals surface area contributed by atoms with Gasteiger partial charge in [-0.3, -0.25) is 9.69 Å². The molecule has 0 radical (unpaired) electrons. The second kappa shape index (κ2) is 13.2. The standard InChI is InChI=1S/C27H35ClN4O4S2.ClH/c1-6-30(7-2)12-13-32(27-29-25-18(3)14-22(28)15-24(25)37-27)26(33)21-8-10-23(11-9-21)38(34,35)31-16-19(4)36-20(5)17-31;/h8-11,14-15,19-20H,6-7,12-13,16-17H2,1-5H3;1H. The Labute approximate surface area is 246 Å². The monoisotopic (exact) mass is 614 g/mol. The summed E-state index contributed by atoms with van der Waals surface area (Å²) in [5.74, 6) is -0.225. The van der Waals surface area contributed by atoms with Crippen LogP contribution in [0.4, 0.5) is 5.13 Å². The lowest BCUT2D eigenvalue weighted by Crippen LogP contribution is -2.48. The van der Waals surface area contributed by atoms with Gasteiger partial charge in [0.05, 0.1) is 27.3 Å². The molecule has 1 aliphatic rings. The Kier molecular flexibility index (Phi) is 10.8. The Morgan fingerprint density at radius 3 is 2.31 bits per heavy atom. The normalized spacial score (nSPS) is 18.3. The number of likely N-dealkylation sites (N-methyl/N-ethyl adjacent to an activating group) is 1. The number of nitrogens with zero attached hydrogens (tertiary/aromatic N) is 4. The smallest absolute Gasteiger partial charge is 0.260 e. The van der Waals surface area contributed by atoms with Gasteiger partial charge in [0.2, 0.25) is 10.0 Å². The lowest BCUT2D eigenvalue weighted by molar-refractivity contribution is -0.0440. The average molecular weight is 616 g/mol. The number of aromatic nitrogens is 1. The molecule has 4 rings (SSSR count). The van der Waals surface area contributed by atoms with Crippen LogP contribution in [0.1, 0.15) is 43.6 Å². The Morgan fingerprint density at radius 2 is 1.72 bits per heavy atom. The van der Waals surface area contributed by atoms with E-state index >= 15 is 0 Å². The molecular formula is C27H36Cl2N4O4S2. The maximum Gasteiger partial charge on any atom is 0.260 e. The quantitative estimate of drug-likeness (QED) is 0.318. The van der Waals surface area contributed by atoms with Gasteiger partial charge in [-0.15, -0.1) is 12.4 Å². The molecule has 12 heteroatoms. The number of halogens is 2. The van der Waals surface area contributed by atoms with E-state index in [9.17, 15) is 13.2 Å². The molecule has 1 amide bonds. The summed E-state index contributed by atoms with van der Waals surface area (Å²) >= 11 is 7.69. The van der Waals surface area contributed by atoms with Crippen LogP contribution >= 0.6 is 35.3 Å². The summed E-state index contributed by atoms with van der Waals surface area (Å²) in [6.07, 6.45) is -0.359. The number of aryl methyl sites for hydroxylation is 1. The molecule has 2 heterocycles. The number of fused-ring (bicyclic) bond motifs is 1. The van der Waals surface area contributed by atoms with Gasteiger partial charge in [-0.1, -0.05) is 36.8 Å². The Balaban J connectivity index is 0.00000420. The molecule has 1 saturated heterocycles. The van der Waals surface area contributed by atoms with E-state index in [0.717, 1.165) is 28.9 Å². The fourth-order valence-electron chi connectivity index (χ4n) is 4.72. The lowest BCUT2D eigenvalue weighted by atomic mass is 10.2. The van der Waals surface area contributed by atoms with Crippen LogP contribution in [-0.4, -0.2) is 80.0 Å². The highest BCUT2D eigenvalue weighted by Crippen LogP contribution is 2.34. The molecule has 0 spiro atoms. The molecule has 2 unspecified atom stereocenters. The molecule has 1 fully saturated rings. The van der Waals surface area contributed by atoms with Crippen molar-refractivity contribution >= 4 is 66.6 Å². The SMILES string of the molecule is CCN(CC)CCN(C(=O)c1ccc(S(=O)(=O)N2CC(C)OC(C)C2)cc1)c1nc2c(C)cc(Cl)cc2s1.Cl. The summed E-state index contributed by atoms with van der Waals surface area (Å²) in [4.78, 5) is 22.7. The Hall–Kier alpha value is -1.79. The lowest BCUT2D eigenvalue weighted by Gasteiger charge is -2.34. The van der Waals surface area contributed by atoms with Gasteiger partial charge in [0.15, 0.2) is 5.13 Å². The molecule has 1 aromatic heterocycles. The highest BCUT2D eigenvalue weighted by atomic mass is 35.5. The zero-order valence-electron chi connectivity index (χ0n) is 22.9. The summed E-state index contributed by atoms with van der Waals surface area (Å²) in [6.45, 7) is 13.4. The number of benzene rings is 2. The summed E-state index contributed by atoms with van der Waals surface area (Å²) in [7, 11) is -3.70. The average Bonchev–Trinajstić information content (AvgIpc) is 3.30. The minimum absolute atomic E-state index is 0. The van der Waals surface area contributed by atoms with Crippen molar-refractivity contribution in [1.82, 2.24) is 14.2 Å². The van der Waals surface area contributed by atoms with Gasteiger partial charge in [0, 0.05) is 36.8 Å². The predicted molar refractivity (Wildman–Crippen MR) is 161 cm³/mol. The van der Waals surface area contributed by atoms with E-state index in [2.05, 4.69) is 18.7 Å². The fraction of sp³-hybridized carbons (Fsp3) is 0.481. The van der Waals surface area contributed by atoms with E-state index in [1.165, 1.54) is 27.8 Å². The molecular weight excluding hydrogens is 579 g/mol. The Bertz CT molecular complexity index is 1380. The van der Waals surface area contributed by atoms with Crippen molar-refractivity contribution in [2.24, 2.45) is 0 Å². The zero-order valence-corrected chi connectivity index (χ0v) is 26.1. The molecule has 2 aromatic carbocycles. The number of amides is 1. The van der Waals surface area contributed by atoms with Crippen LogP contribution in [0.5, 0.6) is 0 Å². The van der Waals surface area contributed by atoms with E-state index in [-0.39, 0.29) is 35.4 Å². The van der Waals surface area contributed by atoms with Gasteiger partial charge in [0.1, 0.15) is 0 Å². The maximum atomic E-state index is 13.8. The van der Waals surface area contributed by atoms with Crippen LogP contribution in [0.15, 0.2) is 41.3 Å². The number of ether oxygens (including phenoxy) is 1. The van der Waals surface area contributed by atoms with Gasteiger partial charge >= 0.3 is 0 Å². The molecule has 1 aliphatic heterocycles. The van der Waals surface area contributed by atoms with Crippen LogP contribution in [0.25, 0.3) is 10.2 Å². The first-order valence-electron chi connectivity index (χ1n) is 12.9. The fourth-order valence-corrected chi connectivity index (χ4v) is 7.76. The van der Waals surface area contributed by atoms with Crippen LogP contribution < -0.4 is 4.90 Å². The molecule has 8 nitrogen and oxygen atoms in total. The van der Waals surface area contributed by atoms with Gasteiger partial charge in [-0.2, -0.15) is 4.31 Å². The van der Waals surface area contributed by atoms with Crippen molar-refractivity contribution in [3.05, 3.63) is 52.5 Å². The molecule has 0 bridgehead atoms. The van der Waals surface area contributed by atoms with Gasteiger partial charge in [-0.25, -0.2) is 13.4 Å². The number of hydrogen-bond donors (Lipinski definition) is 0. The van der Waals surface area contributed by atoms with Crippen molar-refractivity contribution < 1.29 is 17.9 Å². The molecule has 0 aliphatic carbocycles. The first-order chi connectivity index (χ1) is 18.0. The number of rotatable bonds is 9. The largest absolute Gasteiger partial charge is 0.373 e. The number of hydrogen-bond acceptors (Lipinski definition) is 7. The van der Waals surface area contributed by atoms with Gasteiger partial charge in [0.25, 0.3) is 5.91 Å². The van der Waals surface area contributed by atoms with Gasteiger partial charge < -0.3 is 9.64 Å². The van der Waals surface area contributed by atoms with Crippen LogP contribution in [0.2, 0.25) is 5.02 Å². The molecule has 2 atom stereocenters. The topological polar surface area (TPSA) is 83.1 Å².